The zero-order valence-electron chi connectivity index (χ0n) is 12.2. The number of amides is 1. The molecule has 4 nitrogen and oxygen atoms in total. The molecular formula is C16H22N2O2. The van der Waals surface area contributed by atoms with Gasteiger partial charge in [0.15, 0.2) is 5.78 Å². The van der Waals surface area contributed by atoms with Crippen molar-refractivity contribution in [2.24, 2.45) is 5.92 Å². The van der Waals surface area contributed by atoms with Crippen molar-refractivity contribution in [1.82, 2.24) is 10.2 Å². The minimum atomic E-state index is 0.0130. The van der Waals surface area contributed by atoms with Crippen molar-refractivity contribution in [3.05, 3.63) is 35.4 Å². The molecule has 0 aliphatic carbocycles. The largest absolute Gasteiger partial charge is 0.359 e. The summed E-state index contributed by atoms with van der Waals surface area (Å²) in [5.74, 6) is 0.225. The molecule has 1 heterocycles. The average Bonchev–Trinajstić information content (AvgIpc) is 2.46. The van der Waals surface area contributed by atoms with Gasteiger partial charge in [-0.15, -0.1) is 0 Å². The van der Waals surface area contributed by atoms with Crippen LogP contribution in [0.3, 0.4) is 0 Å². The number of nitrogens with one attached hydrogen (secondary N) is 1. The fourth-order valence-corrected chi connectivity index (χ4v) is 2.73. The summed E-state index contributed by atoms with van der Waals surface area (Å²) in [5.41, 5.74) is 1.85. The number of ketones is 1. The van der Waals surface area contributed by atoms with Gasteiger partial charge in [-0.25, -0.2) is 0 Å². The summed E-state index contributed by atoms with van der Waals surface area (Å²) in [6.07, 6.45) is 1.88. The molecule has 1 fully saturated rings. The molecule has 1 saturated heterocycles. The SMILES string of the molecule is CNC(=O)C1CCCN(CC(=O)c2cccc(C)c2)C1. The van der Waals surface area contributed by atoms with E-state index in [1.54, 1.807) is 7.05 Å². The highest BCUT2D eigenvalue weighted by Crippen LogP contribution is 2.17. The molecule has 0 bridgehead atoms. The topological polar surface area (TPSA) is 49.4 Å². The van der Waals surface area contributed by atoms with Gasteiger partial charge < -0.3 is 5.32 Å². The van der Waals surface area contributed by atoms with Crippen LogP contribution in [0, 0.1) is 12.8 Å². The van der Waals surface area contributed by atoms with Crippen molar-refractivity contribution in [2.75, 3.05) is 26.7 Å². The lowest BCUT2D eigenvalue weighted by molar-refractivity contribution is -0.126. The lowest BCUT2D eigenvalue weighted by Gasteiger charge is -2.31. The predicted molar refractivity (Wildman–Crippen MR) is 78.7 cm³/mol. The Morgan fingerprint density at radius 1 is 1.40 bits per heavy atom. The first-order chi connectivity index (χ1) is 9.60. The van der Waals surface area contributed by atoms with Gasteiger partial charge in [0, 0.05) is 19.2 Å². The second kappa shape index (κ2) is 6.66. The van der Waals surface area contributed by atoms with E-state index in [1.165, 1.54) is 0 Å². The van der Waals surface area contributed by atoms with Crippen molar-refractivity contribution in [3.8, 4) is 0 Å². The van der Waals surface area contributed by atoms with E-state index in [0.29, 0.717) is 13.1 Å². The van der Waals surface area contributed by atoms with Gasteiger partial charge in [0.1, 0.15) is 0 Å². The zero-order valence-corrected chi connectivity index (χ0v) is 12.2. The number of benzene rings is 1. The van der Waals surface area contributed by atoms with Crippen LogP contribution in [-0.4, -0.2) is 43.3 Å². The molecule has 20 heavy (non-hydrogen) atoms. The van der Waals surface area contributed by atoms with Crippen LogP contribution >= 0.6 is 0 Å². The van der Waals surface area contributed by atoms with Gasteiger partial charge in [-0.1, -0.05) is 23.8 Å². The molecule has 1 atom stereocenters. The van der Waals surface area contributed by atoms with E-state index in [1.807, 2.05) is 31.2 Å². The summed E-state index contributed by atoms with van der Waals surface area (Å²) in [7, 11) is 1.67. The minimum Gasteiger partial charge on any atom is -0.359 e. The molecule has 1 aliphatic rings. The van der Waals surface area contributed by atoms with Gasteiger partial charge in [0.05, 0.1) is 12.5 Å². The molecule has 0 aromatic heterocycles. The third-order valence-corrected chi connectivity index (χ3v) is 3.83. The zero-order chi connectivity index (χ0) is 14.5. The number of hydrogen-bond donors (Lipinski definition) is 1. The number of Topliss-reactive ketones (excluding diaryl/α,β-unsaturated/α-hetero) is 1. The van der Waals surface area contributed by atoms with E-state index in [2.05, 4.69) is 10.2 Å². The molecule has 1 unspecified atom stereocenters. The van der Waals surface area contributed by atoms with E-state index in [0.717, 1.165) is 30.5 Å². The normalized spacial score (nSPS) is 19.6. The van der Waals surface area contributed by atoms with Crippen LogP contribution in [0.5, 0.6) is 0 Å². The van der Waals surface area contributed by atoms with Gasteiger partial charge in [-0.2, -0.15) is 0 Å². The fourth-order valence-electron chi connectivity index (χ4n) is 2.73. The van der Waals surface area contributed by atoms with E-state index in [9.17, 15) is 9.59 Å². The summed E-state index contributed by atoms with van der Waals surface area (Å²) >= 11 is 0. The molecule has 2 rings (SSSR count). The summed E-state index contributed by atoms with van der Waals surface area (Å²) in [4.78, 5) is 26.1. The van der Waals surface area contributed by atoms with Gasteiger partial charge in [-0.05, 0) is 32.4 Å². The van der Waals surface area contributed by atoms with E-state index < -0.39 is 0 Å². The van der Waals surface area contributed by atoms with Crippen LogP contribution in [0.4, 0.5) is 0 Å². The smallest absolute Gasteiger partial charge is 0.224 e. The highest BCUT2D eigenvalue weighted by molar-refractivity contribution is 5.97. The number of carbonyl (C=O) groups is 2. The standard InChI is InChI=1S/C16H22N2O2/c1-12-5-3-6-13(9-12)15(19)11-18-8-4-7-14(10-18)16(20)17-2/h3,5-6,9,14H,4,7-8,10-11H2,1-2H3,(H,17,20). The van der Waals surface area contributed by atoms with Crippen LogP contribution in [0.15, 0.2) is 24.3 Å². The van der Waals surface area contributed by atoms with E-state index in [-0.39, 0.29) is 17.6 Å². The molecule has 1 N–H and O–H groups in total. The van der Waals surface area contributed by atoms with Crippen molar-refractivity contribution in [2.45, 2.75) is 19.8 Å². The molecule has 1 aromatic rings. The average molecular weight is 274 g/mol. The van der Waals surface area contributed by atoms with Crippen LogP contribution < -0.4 is 5.32 Å². The molecule has 1 amide bonds. The predicted octanol–water partition coefficient (Wildman–Crippen LogP) is 1.64. The Bertz CT molecular complexity index is 499. The number of rotatable bonds is 4. The summed E-state index contributed by atoms with van der Waals surface area (Å²) in [6.45, 7) is 3.96. The monoisotopic (exact) mass is 274 g/mol. The van der Waals surface area contributed by atoms with Gasteiger partial charge in [0.2, 0.25) is 5.91 Å². The van der Waals surface area contributed by atoms with Crippen LogP contribution in [0.25, 0.3) is 0 Å². The van der Waals surface area contributed by atoms with Crippen molar-refractivity contribution < 1.29 is 9.59 Å². The Kier molecular flexibility index (Phi) is 4.90. The van der Waals surface area contributed by atoms with E-state index >= 15 is 0 Å². The minimum absolute atomic E-state index is 0.0130. The van der Waals surface area contributed by atoms with Crippen molar-refractivity contribution in [3.63, 3.8) is 0 Å². The molecule has 0 spiro atoms. The Balaban J connectivity index is 1.96. The van der Waals surface area contributed by atoms with Crippen LogP contribution in [0.1, 0.15) is 28.8 Å². The highest BCUT2D eigenvalue weighted by atomic mass is 16.2. The number of carbonyl (C=O) groups excluding carboxylic acids is 2. The number of hydrogen-bond acceptors (Lipinski definition) is 3. The number of nitrogens with zero attached hydrogens (tertiary/aromatic N) is 1. The highest BCUT2D eigenvalue weighted by Gasteiger charge is 2.26. The molecular weight excluding hydrogens is 252 g/mol. The maximum Gasteiger partial charge on any atom is 0.224 e. The second-order valence-corrected chi connectivity index (χ2v) is 5.48. The lowest BCUT2D eigenvalue weighted by atomic mass is 9.96. The molecule has 0 saturated carbocycles. The first kappa shape index (κ1) is 14.7. The number of piperidine rings is 1. The lowest BCUT2D eigenvalue weighted by Crippen LogP contribution is -2.44. The quantitative estimate of drug-likeness (QED) is 0.849. The second-order valence-electron chi connectivity index (χ2n) is 5.48. The number of aryl methyl sites for hydroxylation is 1. The maximum atomic E-state index is 12.3. The summed E-state index contributed by atoms with van der Waals surface area (Å²) in [6, 6.07) is 7.67. The van der Waals surface area contributed by atoms with Gasteiger partial charge >= 0.3 is 0 Å². The number of likely N-dealkylation sites (tertiary alicyclic amines) is 1. The summed E-state index contributed by atoms with van der Waals surface area (Å²) in [5, 5.41) is 2.70. The fraction of sp³-hybridized carbons (Fsp3) is 0.500. The Hall–Kier alpha value is -1.68. The van der Waals surface area contributed by atoms with Crippen LogP contribution in [0.2, 0.25) is 0 Å². The summed E-state index contributed by atoms with van der Waals surface area (Å²) < 4.78 is 0. The Morgan fingerprint density at radius 2 is 2.20 bits per heavy atom. The first-order valence-corrected chi connectivity index (χ1v) is 7.14. The Labute approximate surface area is 120 Å². The third-order valence-electron chi connectivity index (χ3n) is 3.83. The van der Waals surface area contributed by atoms with Gasteiger partial charge in [-0.3, -0.25) is 14.5 Å². The van der Waals surface area contributed by atoms with Crippen molar-refractivity contribution >= 4 is 11.7 Å². The molecule has 4 heteroatoms. The maximum absolute atomic E-state index is 12.3. The molecule has 1 aliphatic heterocycles. The van der Waals surface area contributed by atoms with Crippen LogP contribution in [-0.2, 0) is 4.79 Å². The van der Waals surface area contributed by atoms with E-state index in [4.69, 9.17) is 0 Å². The third kappa shape index (κ3) is 3.67. The first-order valence-electron chi connectivity index (χ1n) is 7.14. The van der Waals surface area contributed by atoms with Crippen molar-refractivity contribution in [1.29, 1.82) is 0 Å². The molecule has 108 valence electrons. The Morgan fingerprint density at radius 3 is 2.90 bits per heavy atom. The molecule has 0 radical (unpaired) electrons. The molecule has 1 aromatic carbocycles. The van der Waals surface area contributed by atoms with Gasteiger partial charge in [0.25, 0.3) is 0 Å².